The van der Waals surface area contributed by atoms with Crippen molar-refractivity contribution in [1.29, 1.82) is 0 Å². The van der Waals surface area contributed by atoms with Crippen molar-refractivity contribution >= 4 is 17.7 Å². The summed E-state index contributed by atoms with van der Waals surface area (Å²) in [4.78, 5) is 14.1. The number of rotatable bonds is 0. The monoisotopic (exact) mass is 152 g/mol. The molecule has 0 aromatic carbocycles. The van der Waals surface area contributed by atoms with Gasteiger partial charge >= 0.3 is 6.03 Å². The molecule has 2 amide bonds. The second-order valence-electron chi connectivity index (χ2n) is 2.06. The molecule has 7 nitrogen and oxygen atoms in total. The largest absolute Gasteiger partial charge is 0.385 e. The van der Waals surface area contributed by atoms with Crippen molar-refractivity contribution in [3.05, 3.63) is 0 Å². The smallest absolute Gasteiger partial charge is 0.348 e. The minimum absolute atomic E-state index is 0.133. The number of hydrogen-bond acceptors (Lipinski definition) is 5. The summed E-state index contributed by atoms with van der Waals surface area (Å²) in [6.45, 7) is 0. The second-order valence-corrected chi connectivity index (χ2v) is 2.06. The van der Waals surface area contributed by atoms with E-state index in [2.05, 4.69) is 25.7 Å². The van der Waals surface area contributed by atoms with Crippen LogP contribution in [-0.2, 0) is 0 Å². The van der Waals surface area contributed by atoms with Gasteiger partial charge in [0.1, 0.15) is 5.84 Å². The summed E-state index contributed by atoms with van der Waals surface area (Å²) in [5.74, 6) is 0.483. The third-order valence-electron chi connectivity index (χ3n) is 1.32. The van der Waals surface area contributed by atoms with E-state index in [-0.39, 0.29) is 5.84 Å². The van der Waals surface area contributed by atoms with Crippen molar-refractivity contribution in [2.75, 3.05) is 0 Å². The van der Waals surface area contributed by atoms with E-state index in [1.807, 2.05) is 0 Å². The van der Waals surface area contributed by atoms with Gasteiger partial charge < -0.3 is 5.73 Å². The van der Waals surface area contributed by atoms with Gasteiger partial charge in [-0.1, -0.05) is 0 Å². The third-order valence-corrected chi connectivity index (χ3v) is 1.32. The number of carbonyl (C=O) groups is 1. The van der Waals surface area contributed by atoms with Gasteiger partial charge in [-0.05, 0) is 5.22 Å². The maximum atomic E-state index is 10.7. The van der Waals surface area contributed by atoms with E-state index >= 15 is 0 Å². The van der Waals surface area contributed by atoms with Gasteiger partial charge in [-0.3, -0.25) is 5.32 Å². The summed E-state index contributed by atoms with van der Waals surface area (Å²) in [6, 6.07) is -1.00. The summed E-state index contributed by atoms with van der Waals surface area (Å²) in [6.07, 6.45) is 0. The topological polar surface area (TPSA) is 105 Å². The van der Waals surface area contributed by atoms with Gasteiger partial charge in [-0.15, -0.1) is 10.2 Å². The average molecular weight is 152 g/mol. The first-order chi connectivity index (χ1) is 5.27. The van der Waals surface area contributed by atoms with Gasteiger partial charge in [0.2, 0.25) is 0 Å². The Morgan fingerprint density at radius 1 is 1.55 bits per heavy atom. The molecule has 2 rings (SSSR count). The van der Waals surface area contributed by atoms with Crippen LogP contribution in [-0.4, -0.2) is 23.7 Å². The van der Waals surface area contributed by atoms with E-state index in [1.54, 1.807) is 0 Å². The first-order valence-electron chi connectivity index (χ1n) is 2.90. The lowest BCUT2D eigenvalue weighted by atomic mass is 10.2. The zero-order chi connectivity index (χ0) is 7.84. The lowest BCUT2D eigenvalue weighted by Crippen LogP contribution is -2.47. The number of aliphatic imine (C=N–C) groups is 1. The van der Waals surface area contributed by atoms with Crippen molar-refractivity contribution in [1.82, 2.24) is 5.32 Å². The summed E-state index contributed by atoms with van der Waals surface area (Å²) >= 11 is 0. The van der Waals surface area contributed by atoms with Crippen molar-refractivity contribution in [3.8, 4) is 0 Å². The number of amidine groups is 2. The van der Waals surface area contributed by atoms with Gasteiger partial charge in [0.05, 0.1) is 0 Å². The molecular formula is C4H4N6O. The Morgan fingerprint density at radius 3 is 3.18 bits per heavy atom. The van der Waals surface area contributed by atoms with E-state index in [4.69, 9.17) is 5.73 Å². The van der Waals surface area contributed by atoms with Crippen LogP contribution >= 0.6 is 0 Å². The van der Waals surface area contributed by atoms with E-state index in [0.717, 1.165) is 0 Å². The molecule has 7 heteroatoms. The number of urea groups is 1. The van der Waals surface area contributed by atoms with Crippen LogP contribution in [0.3, 0.4) is 0 Å². The summed E-state index contributed by atoms with van der Waals surface area (Å²) in [5.41, 5.74) is 5.36. The van der Waals surface area contributed by atoms with Crippen LogP contribution in [0.2, 0.25) is 0 Å². The fraction of sp³-hybridized carbons (Fsp3) is 0.250. The minimum Gasteiger partial charge on any atom is -0.385 e. The molecule has 0 bridgehead atoms. The Kier molecular flexibility index (Phi) is 0.999. The number of hydrogen-bond donors (Lipinski definition) is 2. The molecule has 56 valence electrons. The van der Waals surface area contributed by atoms with Crippen LogP contribution in [0.5, 0.6) is 0 Å². The second kappa shape index (κ2) is 1.84. The Balaban J connectivity index is 2.41. The SMILES string of the molecule is NC1=NC(=O)NC2=NN=NC12. The first-order valence-corrected chi connectivity index (χ1v) is 2.90. The number of nitrogens with two attached hydrogens (primary N) is 1. The number of nitrogens with one attached hydrogen (secondary N) is 1. The Morgan fingerprint density at radius 2 is 2.36 bits per heavy atom. The molecule has 2 heterocycles. The van der Waals surface area contributed by atoms with Crippen LogP contribution in [0, 0.1) is 0 Å². The predicted molar refractivity (Wildman–Crippen MR) is 36.2 cm³/mol. The van der Waals surface area contributed by atoms with Gasteiger partial charge in [0, 0.05) is 0 Å². The highest BCUT2D eigenvalue weighted by Gasteiger charge is 2.30. The number of carbonyl (C=O) groups excluding carboxylic acids is 1. The molecule has 1 atom stereocenters. The molecular weight excluding hydrogens is 148 g/mol. The van der Waals surface area contributed by atoms with Crippen LogP contribution in [0.15, 0.2) is 20.4 Å². The Bertz CT molecular complexity index is 302. The number of nitrogens with zero attached hydrogens (tertiary/aromatic N) is 4. The summed E-state index contributed by atoms with van der Waals surface area (Å²) < 4.78 is 0. The van der Waals surface area contributed by atoms with Crippen LogP contribution < -0.4 is 11.1 Å². The Labute approximate surface area is 61.1 Å². The molecule has 0 aromatic rings. The number of fused-ring (bicyclic) bond motifs is 1. The van der Waals surface area contributed by atoms with Crippen LogP contribution in [0.1, 0.15) is 0 Å². The molecule has 0 spiro atoms. The van der Waals surface area contributed by atoms with Gasteiger partial charge in [-0.2, -0.15) is 4.99 Å². The maximum absolute atomic E-state index is 10.7. The molecule has 1 unspecified atom stereocenters. The van der Waals surface area contributed by atoms with Crippen molar-refractivity contribution < 1.29 is 4.79 Å². The molecule has 11 heavy (non-hydrogen) atoms. The highest BCUT2D eigenvalue weighted by molar-refractivity contribution is 6.20. The first kappa shape index (κ1) is 5.96. The standard InChI is InChI=1S/C4H4N6O/c5-2-1-3(9-10-8-1)7-4(11)6-2/h1H,(H3,5,6,7,8,9,11). The lowest BCUT2D eigenvalue weighted by Gasteiger charge is -2.12. The summed E-state index contributed by atoms with van der Waals surface area (Å²) in [7, 11) is 0. The van der Waals surface area contributed by atoms with Crippen LogP contribution in [0.25, 0.3) is 0 Å². The number of amides is 2. The fourth-order valence-electron chi connectivity index (χ4n) is 0.844. The van der Waals surface area contributed by atoms with E-state index in [9.17, 15) is 4.79 Å². The van der Waals surface area contributed by atoms with Crippen molar-refractivity contribution in [3.63, 3.8) is 0 Å². The summed E-state index contributed by atoms with van der Waals surface area (Å²) in [5, 5.41) is 12.9. The molecule has 3 N–H and O–H groups in total. The molecule has 0 aliphatic carbocycles. The molecule has 2 aliphatic heterocycles. The predicted octanol–water partition coefficient (Wildman–Crippen LogP) is -0.785. The maximum Gasteiger partial charge on any atom is 0.348 e. The minimum atomic E-state index is -0.523. The molecule has 0 fully saturated rings. The zero-order valence-corrected chi connectivity index (χ0v) is 5.35. The van der Waals surface area contributed by atoms with E-state index in [1.165, 1.54) is 0 Å². The quantitative estimate of drug-likeness (QED) is 0.475. The Hall–Kier alpha value is -1.79. The zero-order valence-electron chi connectivity index (χ0n) is 5.35. The van der Waals surface area contributed by atoms with Crippen molar-refractivity contribution in [2.24, 2.45) is 26.2 Å². The third kappa shape index (κ3) is 0.775. The van der Waals surface area contributed by atoms with E-state index < -0.39 is 12.1 Å². The molecule has 2 aliphatic rings. The fourth-order valence-corrected chi connectivity index (χ4v) is 0.844. The highest BCUT2D eigenvalue weighted by Crippen LogP contribution is 2.07. The van der Waals surface area contributed by atoms with Crippen molar-refractivity contribution in [2.45, 2.75) is 6.04 Å². The van der Waals surface area contributed by atoms with Gasteiger partial charge in [0.15, 0.2) is 11.9 Å². The average Bonchev–Trinajstić information content (AvgIpc) is 2.34. The van der Waals surface area contributed by atoms with Crippen LogP contribution in [0.4, 0.5) is 4.79 Å². The van der Waals surface area contributed by atoms with E-state index in [0.29, 0.717) is 5.84 Å². The normalized spacial score (nSPS) is 27.3. The molecule has 0 saturated heterocycles. The lowest BCUT2D eigenvalue weighted by molar-refractivity contribution is 0.252. The molecule has 0 radical (unpaired) electrons. The van der Waals surface area contributed by atoms with Gasteiger partial charge in [-0.25, -0.2) is 4.79 Å². The van der Waals surface area contributed by atoms with Gasteiger partial charge in [0.25, 0.3) is 0 Å². The molecule has 0 saturated carbocycles. The molecule has 0 aromatic heterocycles. The highest BCUT2D eigenvalue weighted by atomic mass is 16.2.